The number of anilines is 1. The summed E-state index contributed by atoms with van der Waals surface area (Å²) < 4.78 is 4.49. The minimum absolute atomic E-state index is 0.00801. The smallest absolute Gasteiger partial charge is 0.343 e. The molecule has 0 bridgehead atoms. The number of carbonyl (C=O) groups excluding carboxylic acids is 2. The van der Waals surface area contributed by atoms with E-state index in [1.165, 1.54) is 13.2 Å². The Balaban J connectivity index is 2.76. The van der Waals surface area contributed by atoms with Gasteiger partial charge in [-0.25, -0.2) is 4.79 Å². The molecule has 0 fully saturated rings. The maximum Gasteiger partial charge on any atom is 0.343 e. The van der Waals surface area contributed by atoms with E-state index in [1.54, 1.807) is 31.2 Å². The molecule has 0 aliphatic rings. The maximum absolute atomic E-state index is 11.7. The van der Waals surface area contributed by atoms with Crippen molar-refractivity contribution in [2.45, 2.75) is 6.92 Å². The van der Waals surface area contributed by atoms with Crippen LogP contribution < -0.4 is 5.32 Å². The molecule has 0 spiro atoms. The molecule has 1 rings (SSSR count). The van der Waals surface area contributed by atoms with E-state index in [9.17, 15) is 9.59 Å². The lowest BCUT2D eigenvalue weighted by molar-refractivity contribution is -0.137. The number of rotatable bonds is 3. The first kappa shape index (κ1) is 12.0. The molecule has 84 valence electrons. The van der Waals surface area contributed by atoms with Crippen molar-refractivity contribution in [3.63, 3.8) is 0 Å². The second-order valence-corrected chi connectivity index (χ2v) is 3.01. The summed E-state index contributed by atoms with van der Waals surface area (Å²) in [5.41, 5.74) is 0.627. The van der Waals surface area contributed by atoms with Crippen molar-refractivity contribution in [1.82, 2.24) is 0 Å². The van der Waals surface area contributed by atoms with Gasteiger partial charge in [0.2, 0.25) is 0 Å². The van der Waals surface area contributed by atoms with Crippen molar-refractivity contribution in [2.75, 3.05) is 12.4 Å². The van der Waals surface area contributed by atoms with Crippen LogP contribution in [0.3, 0.4) is 0 Å². The second-order valence-electron chi connectivity index (χ2n) is 3.01. The highest BCUT2D eigenvalue weighted by molar-refractivity contribution is 6.20. The molecular formula is C12H13NO3. The van der Waals surface area contributed by atoms with E-state index in [0.29, 0.717) is 5.69 Å². The van der Waals surface area contributed by atoms with Crippen molar-refractivity contribution in [3.8, 4) is 0 Å². The summed E-state index contributed by atoms with van der Waals surface area (Å²) in [5, 5.41) is 2.60. The summed E-state index contributed by atoms with van der Waals surface area (Å²) in [4.78, 5) is 22.9. The van der Waals surface area contributed by atoms with Crippen LogP contribution in [-0.4, -0.2) is 19.0 Å². The number of esters is 1. The molecule has 0 aliphatic heterocycles. The Labute approximate surface area is 93.9 Å². The fourth-order valence-corrected chi connectivity index (χ4v) is 1.17. The Bertz CT molecular complexity index is 410. The SMILES string of the molecule is CC=C(C(=O)Nc1ccccc1)C(=O)OC. The summed E-state index contributed by atoms with van der Waals surface area (Å²) in [6, 6.07) is 8.91. The average molecular weight is 219 g/mol. The molecule has 1 amide bonds. The highest BCUT2D eigenvalue weighted by atomic mass is 16.5. The Morgan fingerprint density at radius 1 is 1.25 bits per heavy atom. The van der Waals surface area contributed by atoms with E-state index in [2.05, 4.69) is 10.1 Å². The van der Waals surface area contributed by atoms with Crippen molar-refractivity contribution in [3.05, 3.63) is 42.0 Å². The van der Waals surface area contributed by atoms with Gasteiger partial charge in [-0.1, -0.05) is 24.3 Å². The minimum atomic E-state index is -0.643. The van der Waals surface area contributed by atoms with Gasteiger partial charge in [0.1, 0.15) is 5.57 Å². The molecule has 0 atom stereocenters. The van der Waals surface area contributed by atoms with Crippen LogP contribution in [0.1, 0.15) is 6.92 Å². The molecule has 0 saturated heterocycles. The standard InChI is InChI=1S/C12H13NO3/c1-3-10(12(15)16-2)11(14)13-9-7-5-4-6-8-9/h3-8H,1-2H3,(H,13,14). The summed E-state index contributed by atoms with van der Waals surface area (Å²) in [6.07, 6.45) is 1.42. The normalized spacial score (nSPS) is 10.8. The molecular weight excluding hydrogens is 206 g/mol. The number of amides is 1. The Kier molecular flexibility index (Phi) is 4.27. The zero-order chi connectivity index (χ0) is 12.0. The first-order chi connectivity index (χ1) is 7.69. The zero-order valence-electron chi connectivity index (χ0n) is 9.19. The second kappa shape index (κ2) is 5.70. The molecule has 1 aromatic carbocycles. The van der Waals surface area contributed by atoms with E-state index in [4.69, 9.17) is 0 Å². The van der Waals surface area contributed by atoms with Crippen LogP contribution in [0.5, 0.6) is 0 Å². The van der Waals surface area contributed by atoms with E-state index >= 15 is 0 Å². The molecule has 0 heterocycles. The number of carbonyl (C=O) groups is 2. The lowest BCUT2D eigenvalue weighted by Crippen LogP contribution is -2.21. The fourth-order valence-electron chi connectivity index (χ4n) is 1.17. The minimum Gasteiger partial charge on any atom is -0.465 e. The lowest BCUT2D eigenvalue weighted by atomic mass is 10.2. The van der Waals surface area contributed by atoms with Crippen molar-refractivity contribution in [2.24, 2.45) is 0 Å². The van der Waals surface area contributed by atoms with Crippen LogP contribution in [0.15, 0.2) is 42.0 Å². The molecule has 16 heavy (non-hydrogen) atoms. The van der Waals surface area contributed by atoms with Crippen LogP contribution in [0.2, 0.25) is 0 Å². The van der Waals surface area contributed by atoms with Crippen LogP contribution in [-0.2, 0) is 14.3 Å². The number of benzene rings is 1. The zero-order valence-corrected chi connectivity index (χ0v) is 9.19. The van der Waals surface area contributed by atoms with Gasteiger partial charge in [-0.15, -0.1) is 0 Å². The van der Waals surface area contributed by atoms with E-state index in [0.717, 1.165) is 0 Å². The van der Waals surface area contributed by atoms with Gasteiger partial charge < -0.3 is 10.1 Å². The first-order valence-electron chi connectivity index (χ1n) is 4.80. The van der Waals surface area contributed by atoms with Crippen LogP contribution >= 0.6 is 0 Å². The number of allylic oxidation sites excluding steroid dienone is 1. The van der Waals surface area contributed by atoms with Gasteiger partial charge in [-0.3, -0.25) is 4.79 Å². The molecule has 1 aromatic rings. The van der Waals surface area contributed by atoms with Crippen molar-refractivity contribution in [1.29, 1.82) is 0 Å². The number of hydrogen-bond acceptors (Lipinski definition) is 3. The van der Waals surface area contributed by atoms with Crippen molar-refractivity contribution < 1.29 is 14.3 Å². The van der Waals surface area contributed by atoms with Crippen LogP contribution in [0.4, 0.5) is 5.69 Å². The number of nitrogens with one attached hydrogen (secondary N) is 1. The number of ether oxygens (including phenoxy) is 1. The van der Waals surface area contributed by atoms with E-state index < -0.39 is 11.9 Å². The molecule has 0 radical (unpaired) electrons. The predicted octanol–water partition coefficient (Wildman–Crippen LogP) is 1.74. The van der Waals surface area contributed by atoms with Gasteiger partial charge >= 0.3 is 5.97 Å². The van der Waals surface area contributed by atoms with E-state index in [-0.39, 0.29) is 5.57 Å². The Morgan fingerprint density at radius 3 is 2.38 bits per heavy atom. The van der Waals surface area contributed by atoms with Crippen LogP contribution in [0, 0.1) is 0 Å². The van der Waals surface area contributed by atoms with Gasteiger partial charge in [0, 0.05) is 5.69 Å². The number of hydrogen-bond donors (Lipinski definition) is 1. The van der Waals surface area contributed by atoms with Gasteiger partial charge in [0.05, 0.1) is 7.11 Å². The molecule has 0 aromatic heterocycles. The predicted molar refractivity (Wildman–Crippen MR) is 60.8 cm³/mol. The largest absolute Gasteiger partial charge is 0.465 e. The molecule has 1 N–H and O–H groups in total. The molecule has 0 unspecified atom stereocenters. The molecule has 4 heteroatoms. The van der Waals surface area contributed by atoms with Gasteiger partial charge in [-0.05, 0) is 19.1 Å². The lowest BCUT2D eigenvalue weighted by Gasteiger charge is -2.06. The quantitative estimate of drug-likeness (QED) is 0.364. The van der Waals surface area contributed by atoms with Gasteiger partial charge in [0.25, 0.3) is 5.91 Å². The van der Waals surface area contributed by atoms with Crippen LogP contribution in [0.25, 0.3) is 0 Å². The number of para-hydroxylation sites is 1. The summed E-state index contributed by atoms with van der Waals surface area (Å²) >= 11 is 0. The highest BCUT2D eigenvalue weighted by Crippen LogP contribution is 2.08. The third kappa shape index (κ3) is 2.95. The molecule has 4 nitrogen and oxygen atoms in total. The molecule has 0 saturated carbocycles. The summed E-state index contributed by atoms with van der Waals surface area (Å²) in [5.74, 6) is -1.11. The van der Waals surface area contributed by atoms with E-state index in [1.807, 2.05) is 6.07 Å². The van der Waals surface area contributed by atoms with Gasteiger partial charge in [-0.2, -0.15) is 0 Å². The maximum atomic E-state index is 11.7. The Morgan fingerprint density at radius 2 is 1.88 bits per heavy atom. The monoisotopic (exact) mass is 219 g/mol. The first-order valence-corrected chi connectivity index (χ1v) is 4.80. The topological polar surface area (TPSA) is 55.4 Å². The number of methoxy groups -OCH3 is 1. The van der Waals surface area contributed by atoms with Crippen molar-refractivity contribution >= 4 is 17.6 Å². The average Bonchev–Trinajstić information content (AvgIpc) is 2.31. The van der Waals surface area contributed by atoms with Gasteiger partial charge in [0.15, 0.2) is 0 Å². The highest BCUT2D eigenvalue weighted by Gasteiger charge is 2.17. The third-order valence-electron chi connectivity index (χ3n) is 1.97. The summed E-state index contributed by atoms with van der Waals surface area (Å²) in [6.45, 7) is 1.61. The Hall–Kier alpha value is -2.10. The summed E-state index contributed by atoms with van der Waals surface area (Å²) in [7, 11) is 1.24. The third-order valence-corrected chi connectivity index (χ3v) is 1.97. The fraction of sp³-hybridized carbons (Fsp3) is 0.167. The molecule has 0 aliphatic carbocycles.